The van der Waals surface area contributed by atoms with Gasteiger partial charge in [-0.05, 0) is 64.5 Å². The molecule has 3 aromatic rings. The lowest BCUT2D eigenvalue weighted by molar-refractivity contribution is -0.134. The minimum absolute atomic E-state index is 0.000214. The number of carbonyl (C=O) groups excluding carboxylic acids is 2. The predicted molar refractivity (Wildman–Crippen MR) is 149 cm³/mol. The number of carbonyl (C=O) groups is 2. The number of rotatable bonds is 9. The number of ether oxygens (including phenoxy) is 1. The van der Waals surface area contributed by atoms with Crippen LogP contribution in [0.4, 0.5) is 0 Å². The van der Waals surface area contributed by atoms with Gasteiger partial charge in [-0.15, -0.1) is 5.10 Å². The summed E-state index contributed by atoms with van der Waals surface area (Å²) in [5.41, 5.74) is 4.01. The van der Waals surface area contributed by atoms with Crippen LogP contribution >= 0.6 is 0 Å². The minimum atomic E-state index is -0.264. The number of benzene rings is 1. The number of nitrogens with zero attached hydrogens (tertiary/aromatic N) is 6. The number of aryl methyl sites for hydroxylation is 1. The summed E-state index contributed by atoms with van der Waals surface area (Å²) in [5.74, 6) is 0.417. The van der Waals surface area contributed by atoms with Crippen LogP contribution in [0.15, 0.2) is 55.0 Å². The maximum atomic E-state index is 12.6. The van der Waals surface area contributed by atoms with E-state index < -0.39 is 0 Å². The molecular formula is C29H37N7O3. The molecule has 2 amide bonds. The molecule has 3 heterocycles. The van der Waals surface area contributed by atoms with Gasteiger partial charge in [0, 0.05) is 30.9 Å². The first-order chi connectivity index (χ1) is 18.5. The van der Waals surface area contributed by atoms with Crippen LogP contribution in [-0.4, -0.2) is 81.4 Å². The second kappa shape index (κ2) is 11.8. The largest absolute Gasteiger partial charge is 0.484 e. The van der Waals surface area contributed by atoms with Gasteiger partial charge in [-0.3, -0.25) is 14.6 Å². The smallest absolute Gasteiger partial charge is 0.273 e. The lowest BCUT2D eigenvalue weighted by atomic mass is 9.99. The monoisotopic (exact) mass is 531 g/mol. The van der Waals surface area contributed by atoms with E-state index in [9.17, 15) is 9.59 Å². The third-order valence-corrected chi connectivity index (χ3v) is 6.48. The number of likely N-dealkylation sites (N-methyl/N-ethyl adjacent to an activating group) is 1. The summed E-state index contributed by atoms with van der Waals surface area (Å²) in [5, 5.41) is 11.0. The molecule has 0 radical (unpaired) electrons. The van der Waals surface area contributed by atoms with E-state index in [4.69, 9.17) is 4.74 Å². The van der Waals surface area contributed by atoms with Crippen molar-refractivity contribution < 1.29 is 14.3 Å². The highest BCUT2D eigenvalue weighted by atomic mass is 16.5. The number of likely N-dealkylation sites (tertiary alicyclic amines) is 1. The highest BCUT2D eigenvalue weighted by Gasteiger charge is 2.31. The first-order valence-electron chi connectivity index (χ1n) is 13.0. The van der Waals surface area contributed by atoms with Crippen molar-refractivity contribution in [1.82, 2.24) is 35.1 Å². The number of aromatic nitrogens is 4. The van der Waals surface area contributed by atoms with Crippen molar-refractivity contribution in [2.75, 3.05) is 33.7 Å². The third-order valence-electron chi connectivity index (χ3n) is 6.48. The molecule has 1 N–H and O–H groups in total. The van der Waals surface area contributed by atoms with Crippen LogP contribution in [-0.2, 0) is 16.9 Å². The summed E-state index contributed by atoms with van der Waals surface area (Å²) < 4.78 is 7.90. The molecule has 1 aromatic carbocycles. The first kappa shape index (κ1) is 28.0. The lowest BCUT2D eigenvalue weighted by Gasteiger charge is -2.38. The van der Waals surface area contributed by atoms with Crippen LogP contribution < -0.4 is 10.1 Å². The van der Waals surface area contributed by atoms with E-state index in [0.717, 1.165) is 28.8 Å². The Bertz CT molecular complexity index is 1350. The summed E-state index contributed by atoms with van der Waals surface area (Å²) in [6.45, 7) is 10.2. The molecule has 206 valence electrons. The fraction of sp³-hybridized carbons (Fsp3) is 0.414. The Kier molecular flexibility index (Phi) is 8.44. The van der Waals surface area contributed by atoms with E-state index in [-0.39, 0.29) is 23.5 Å². The van der Waals surface area contributed by atoms with Crippen LogP contribution in [0.3, 0.4) is 0 Å². The summed E-state index contributed by atoms with van der Waals surface area (Å²) in [6, 6.07) is 8.02. The highest BCUT2D eigenvalue weighted by Crippen LogP contribution is 2.32. The molecule has 39 heavy (non-hydrogen) atoms. The Labute approximate surface area is 229 Å². The Hall–Kier alpha value is -4.05. The van der Waals surface area contributed by atoms with Crippen LogP contribution in [0.1, 0.15) is 42.4 Å². The topological polar surface area (TPSA) is 105 Å². The van der Waals surface area contributed by atoms with Gasteiger partial charge in [0.05, 0.1) is 31.0 Å². The summed E-state index contributed by atoms with van der Waals surface area (Å²) >= 11 is 0. The van der Waals surface area contributed by atoms with Gasteiger partial charge in [-0.2, -0.15) is 0 Å². The zero-order chi connectivity index (χ0) is 28.2. The van der Waals surface area contributed by atoms with Crippen molar-refractivity contribution in [3.05, 3.63) is 71.8 Å². The van der Waals surface area contributed by atoms with Crippen molar-refractivity contribution in [1.29, 1.82) is 0 Å². The maximum absolute atomic E-state index is 12.6. The van der Waals surface area contributed by atoms with Crippen molar-refractivity contribution in [3.63, 3.8) is 0 Å². The van der Waals surface area contributed by atoms with E-state index in [2.05, 4.69) is 26.7 Å². The lowest BCUT2D eigenvalue weighted by Crippen LogP contribution is -2.55. The second-order valence-electron chi connectivity index (χ2n) is 11.1. The second-order valence-corrected chi connectivity index (χ2v) is 11.1. The fourth-order valence-electron chi connectivity index (χ4n) is 4.08. The molecule has 1 saturated heterocycles. The molecule has 2 aromatic heterocycles. The predicted octanol–water partition coefficient (Wildman–Crippen LogP) is 3.04. The van der Waals surface area contributed by atoms with Crippen molar-refractivity contribution in [3.8, 4) is 16.9 Å². The van der Waals surface area contributed by atoms with E-state index >= 15 is 0 Å². The van der Waals surface area contributed by atoms with Gasteiger partial charge in [0.25, 0.3) is 5.91 Å². The Morgan fingerprint density at radius 3 is 2.64 bits per heavy atom. The molecule has 10 heteroatoms. The van der Waals surface area contributed by atoms with Gasteiger partial charge in [0.2, 0.25) is 5.91 Å². The van der Waals surface area contributed by atoms with Gasteiger partial charge in [-0.1, -0.05) is 29.5 Å². The van der Waals surface area contributed by atoms with Crippen molar-refractivity contribution >= 4 is 11.8 Å². The van der Waals surface area contributed by atoms with Crippen molar-refractivity contribution in [2.24, 2.45) is 0 Å². The fourth-order valence-corrected chi connectivity index (χ4v) is 4.08. The summed E-state index contributed by atoms with van der Waals surface area (Å²) in [4.78, 5) is 32.9. The number of hydrogen-bond acceptors (Lipinski definition) is 7. The molecular weight excluding hydrogens is 494 g/mol. The van der Waals surface area contributed by atoms with Gasteiger partial charge < -0.3 is 19.9 Å². The number of amides is 2. The maximum Gasteiger partial charge on any atom is 0.273 e. The Morgan fingerprint density at radius 1 is 1.21 bits per heavy atom. The molecule has 4 rings (SSSR count). The molecule has 0 unspecified atom stereocenters. The van der Waals surface area contributed by atoms with E-state index in [0.29, 0.717) is 31.1 Å². The summed E-state index contributed by atoms with van der Waals surface area (Å²) in [7, 11) is 3.92. The average Bonchev–Trinajstić information content (AvgIpc) is 3.36. The molecule has 0 atom stereocenters. The standard InChI is InChI=1S/C29H37N7O3/c1-20-14-21(9-10-22(20)15-31-28(38)25-19-36(33-32-25)29(2,3)4)24-11-12-30-16-26(24)39-23-17-35(18-23)27(37)8-7-13-34(5)6/h7-12,14,16,19,23H,13,15,17-18H2,1-6H3,(H,31,38). The van der Waals surface area contributed by atoms with Gasteiger partial charge >= 0.3 is 0 Å². The number of nitrogens with one attached hydrogen (secondary N) is 1. The van der Waals surface area contributed by atoms with Crippen LogP contribution in [0.5, 0.6) is 5.75 Å². The molecule has 0 aliphatic carbocycles. The van der Waals surface area contributed by atoms with E-state index in [1.165, 1.54) is 0 Å². The number of pyridine rings is 1. The van der Waals surface area contributed by atoms with Gasteiger partial charge in [0.15, 0.2) is 5.69 Å². The molecule has 1 aliphatic heterocycles. The van der Waals surface area contributed by atoms with Crippen LogP contribution in [0.25, 0.3) is 11.1 Å². The Morgan fingerprint density at radius 2 is 1.97 bits per heavy atom. The Balaban J connectivity index is 1.36. The highest BCUT2D eigenvalue weighted by molar-refractivity contribution is 5.91. The van der Waals surface area contributed by atoms with Crippen molar-refractivity contribution in [2.45, 2.75) is 45.9 Å². The molecule has 1 aliphatic rings. The quantitative estimate of drug-likeness (QED) is 0.423. The minimum Gasteiger partial charge on any atom is -0.484 e. The molecule has 0 bridgehead atoms. The average molecular weight is 532 g/mol. The molecule has 1 fully saturated rings. The van der Waals surface area contributed by atoms with Crippen LogP contribution in [0, 0.1) is 6.92 Å². The molecule has 0 saturated carbocycles. The van der Waals surface area contributed by atoms with Gasteiger partial charge in [-0.25, -0.2) is 4.68 Å². The van der Waals surface area contributed by atoms with Crippen LogP contribution in [0.2, 0.25) is 0 Å². The number of hydrogen-bond donors (Lipinski definition) is 1. The van der Waals surface area contributed by atoms with E-state index in [1.54, 1.807) is 34.2 Å². The first-order valence-corrected chi connectivity index (χ1v) is 13.0. The summed E-state index contributed by atoms with van der Waals surface area (Å²) in [6.07, 6.45) is 8.52. The molecule has 10 nitrogen and oxygen atoms in total. The third kappa shape index (κ3) is 7.08. The zero-order valence-electron chi connectivity index (χ0n) is 23.5. The normalized spacial score (nSPS) is 14.1. The van der Waals surface area contributed by atoms with E-state index in [1.807, 2.05) is 71.0 Å². The molecule has 0 spiro atoms. The van der Waals surface area contributed by atoms with Gasteiger partial charge in [0.1, 0.15) is 11.9 Å². The zero-order valence-corrected chi connectivity index (χ0v) is 23.5. The SMILES string of the molecule is Cc1cc(-c2ccncc2OC2CN(C(=O)C=CCN(C)C)C2)ccc1CNC(=O)c1cn(C(C)(C)C)nn1.